The van der Waals surface area contributed by atoms with Crippen molar-refractivity contribution in [2.75, 3.05) is 43.6 Å². The molecular formula is C23H23N3O4. The first-order valence-corrected chi connectivity index (χ1v) is 9.72. The lowest BCUT2D eigenvalue weighted by Gasteiger charge is -2.29. The third-order valence-corrected chi connectivity index (χ3v) is 4.90. The lowest BCUT2D eigenvalue weighted by Crippen LogP contribution is -2.38. The van der Waals surface area contributed by atoms with Gasteiger partial charge < -0.3 is 24.8 Å². The van der Waals surface area contributed by atoms with Crippen LogP contribution in [-0.2, 0) is 4.74 Å². The summed E-state index contributed by atoms with van der Waals surface area (Å²) in [6.45, 7) is 2.45. The Balaban J connectivity index is 1.69. The summed E-state index contributed by atoms with van der Waals surface area (Å²) in [5, 5.41) is 12.7. The van der Waals surface area contributed by atoms with Crippen LogP contribution >= 0.6 is 0 Å². The molecule has 30 heavy (non-hydrogen) atoms. The number of methoxy groups -OCH3 is 1. The van der Waals surface area contributed by atoms with Crippen LogP contribution in [0, 0.1) is 0 Å². The van der Waals surface area contributed by atoms with Crippen molar-refractivity contribution in [1.82, 2.24) is 4.98 Å². The van der Waals surface area contributed by atoms with E-state index in [-0.39, 0.29) is 11.7 Å². The summed E-state index contributed by atoms with van der Waals surface area (Å²) in [6, 6.07) is 17.7. The number of amides is 1. The van der Waals surface area contributed by atoms with Crippen molar-refractivity contribution in [3.63, 3.8) is 0 Å². The average Bonchev–Trinajstić information content (AvgIpc) is 2.79. The molecule has 2 aromatic carbocycles. The highest BCUT2D eigenvalue weighted by molar-refractivity contribution is 6.08. The molecule has 0 aliphatic carbocycles. The lowest BCUT2D eigenvalue weighted by atomic mass is 10.1. The number of carbonyl (C=O) groups excluding carboxylic acids is 1. The molecule has 0 atom stereocenters. The molecule has 1 aliphatic heterocycles. The van der Waals surface area contributed by atoms with Crippen LogP contribution in [0.5, 0.6) is 11.5 Å². The molecule has 0 saturated carbocycles. The summed E-state index contributed by atoms with van der Waals surface area (Å²) in [7, 11) is 1.58. The van der Waals surface area contributed by atoms with Gasteiger partial charge in [-0.05, 0) is 36.4 Å². The second-order valence-corrected chi connectivity index (χ2v) is 6.90. The first-order valence-electron chi connectivity index (χ1n) is 9.72. The zero-order valence-electron chi connectivity index (χ0n) is 16.7. The summed E-state index contributed by atoms with van der Waals surface area (Å²) >= 11 is 0. The maximum Gasteiger partial charge on any atom is 0.259 e. The number of phenolic OH excluding ortho intramolecular Hbond substituents is 1. The number of benzene rings is 2. The Morgan fingerprint density at radius 2 is 1.90 bits per heavy atom. The number of pyridine rings is 1. The predicted octanol–water partition coefficient (Wildman–Crippen LogP) is 3.55. The van der Waals surface area contributed by atoms with Gasteiger partial charge in [-0.2, -0.15) is 0 Å². The van der Waals surface area contributed by atoms with E-state index in [4.69, 9.17) is 14.5 Å². The smallest absolute Gasteiger partial charge is 0.259 e. The van der Waals surface area contributed by atoms with Crippen LogP contribution in [0.4, 0.5) is 11.5 Å². The molecule has 1 fully saturated rings. The van der Waals surface area contributed by atoms with E-state index in [1.165, 1.54) is 0 Å². The standard InChI is InChI=1S/C23H23N3O4/c1-29-19-7-3-5-17(15-19)24-23(28)20-8-9-21(16-4-2-6-18(27)14-16)25-22(20)26-10-12-30-13-11-26/h2-9,14-15,27H,10-13H2,1H3,(H,24,28). The van der Waals surface area contributed by atoms with Gasteiger partial charge in [0.05, 0.1) is 31.6 Å². The molecule has 1 aliphatic rings. The normalized spacial score (nSPS) is 13.7. The zero-order valence-corrected chi connectivity index (χ0v) is 16.7. The number of aromatic hydroxyl groups is 1. The molecular weight excluding hydrogens is 382 g/mol. The average molecular weight is 405 g/mol. The quantitative estimate of drug-likeness (QED) is 0.675. The lowest BCUT2D eigenvalue weighted by molar-refractivity contribution is 0.102. The number of nitrogens with one attached hydrogen (secondary N) is 1. The van der Waals surface area contributed by atoms with Crippen LogP contribution in [0.15, 0.2) is 60.7 Å². The van der Waals surface area contributed by atoms with Crippen molar-refractivity contribution >= 4 is 17.4 Å². The molecule has 1 aromatic heterocycles. The van der Waals surface area contributed by atoms with Gasteiger partial charge in [-0.1, -0.05) is 18.2 Å². The van der Waals surface area contributed by atoms with E-state index in [1.807, 2.05) is 24.3 Å². The van der Waals surface area contributed by atoms with E-state index >= 15 is 0 Å². The van der Waals surface area contributed by atoms with Gasteiger partial charge in [0.2, 0.25) is 0 Å². The van der Waals surface area contributed by atoms with E-state index < -0.39 is 0 Å². The van der Waals surface area contributed by atoms with Crippen molar-refractivity contribution in [1.29, 1.82) is 0 Å². The molecule has 1 amide bonds. The largest absolute Gasteiger partial charge is 0.508 e. The second kappa shape index (κ2) is 8.84. The molecule has 154 valence electrons. The van der Waals surface area contributed by atoms with Crippen molar-refractivity contribution < 1.29 is 19.4 Å². The zero-order chi connectivity index (χ0) is 20.9. The van der Waals surface area contributed by atoms with E-state index in [1.54, 1.807) is 43.5 Å². The Labute approximate surface area is 174 Å². The number of morpholine rings is 1. The SMILES string of the molecule is COc1cccc(NC(=O)c2ccc(-c3cccc(O)c3)nc2N2CCOCC2)c1. The van der Waals surface area contributed by atoms with Crippen LogP contribution in [0.3, 0.4) is 0 Å². The fraction of sp³-hybridized carbons (Fsp3) is 0.217. The topological polar surface area (TPSA) is 83.9 Å². The number of carbonyl (C=O) groups is 1. The first-order chi connectivity index (χ1) is 14.6. The third-order valence-electron chi connectivity index (χ3n) is 4.90. The predicted molar refractivity (Wildman–Crippen MR) is 115 cm³/mol. The Morgan fingerprint density at radius 1 is 1.10 bits per heavy atom. The summed E-state index contributed by atoms with van der Waals surface area (Å²) in [5.41, 5.74) is 2.59. The molecule has 2 heterocycles. The van der Waals surface area contributed by atoms with Crippen LogP contribution in [0.2, 0.25) is 0 Å². The maximum atomic E-state index is 13.1. The van der Waals surface area contributed by atoms with Crippen molar-refractivity contribution in [2.24, 2.45) is 0 Å². The molecule has 1 saturated heterocycles. The number of hydrogen-bond acceptors (Lipinski definition) is 6. The highest BCUT2D eigenvalue weighted by Crippen LogP contribution is 2.28. The maximum absolute atomic E-state index is 13.1. The number of anilines is 2. The highest BCUT2D eigenvalue weighted by Gasteiger charge is 2.21. The van der Waals surface area contributed by atoms with Crippen molar-refractivity contribution in [3.8, 4) is 22.8 Å². The Morgan fingerprint density at radius 3 is 2.67 bits per heavy atom. The van der Waals surface area contributed by atoms with Crippen LogP contribution in [0.25, 0.3) is 11.3 Å². The molecule has 7 heteroatoms. The fourth-order valence-electron chi connectivity index (χ4n) is 3.37. The minimum atomic E-state index is -0.250. The van der Waals surface area contributed by atoms with Gasteiger partial charge in [0.25, 0.3) is 5.91 Å². The van der Waals surface area contributed by atoms with Crippen molar-refractivity contribution in [3.05, 3.63) is 66.2 Å². The first kappa shape index (κ1) is 19.7. The number of rotatable bonds is 5. The Kier molecular flexibility index (Phi) is 5.81. The number of aromatic nitrogens is 1. The Hall–Kier alpha value is -3.58. The minimum absolute atomic E-state index is 0.169. The van der Waals surface area contributed by atoms with Crippen molar-refractivity contribution in [2.45, 2.75) is 0 Å². The summed E-state index contributed by atoms with van der Waals surface area (Å²) in [4.78, 5) is 19.9. The second-order valence-electron chi connectivity index (χ2n) is 6.90. The Bertz CT molecular complexity index is 1050. The summed E-state index contributed by atoms with van der Waals surface area (Å²) in [6.07, 6.45) is 0. The van der Waals surface area contributed by atoms with Gasteiger partial charge in [0.15, 0.2) is 0 Å². The van der Waals surface area contributed by atoms with Gasteiger partial charge in [-0.15, -0.1) is 0 Å². The summed E-state index contributed by atoms with van der Waals surface area (Å²) in [5.74, 6) is 1.18. The number of nitrogens with zero attached hydrogens (tertiary/aromatic N) is 2. The van der Waals surface area contributed by atoms with Crippen LogP contribution < -0.4 is 15.0 Å². The molecule has 0 spiro atoms. The fourth-order valence-corrected chi connectivity index (χ4v) is 3.37. The number of ether oxygens (including phenoxy) is 2. The van der Waals surface area contributed by atoms with E-state index in [0.717, 1.165) is 5.56 Å². The molecule has 3 aromatic rings. The van der Waals surface area contributed by atoms with Gasteiger partial charge in [0, 0.05) is 30.4 Å². The molecule has 4 rings (SSSR count). The molecule has 0 unspecified atom stereocenters. The van der Waals surface area contributed by atoms with Gasteiger partial charge in [-0.3, -0.25) is 4.79 Å². The third kappa shape index (κ3) is 4.36. The van der Waals surface area contributed by atoms with E-state index in [9.17, 15) is 9.90 Å². The molecule has 2 N–H and O–H groups in total. The summed E-state index contributed by atoms with van der Waals surface area (Å²) < 4.78 is 10.7. The monoisotopic (exact) mass is 405 g/mol. The molecule has 7 nitrogen and oxygen atoms in total. The highest BCUT2D eigenvalue weighted by atomic mass is 16.5. The van der Waals surface area contributed by atoms with Gasteiger partial charge >= 0.3 is 0 Å². The van der Waals surface area contributed by atoms with E-state index in [2.05, 4.69) is 10.2 Å². The number of phenols is 1. The van der Waals surface area contributed by atoms with Gasteiger partial charge in [-0.25, -0.2) is 4.98 Å². The van der Waals surface area contributed by atoms with E-state index in [0.29, 0.717) is 54.8 Å². The minimum Gasteiger partial charge on any atom is -0.508 e. The van der Waals surface area contributed by atoms with Crippen LogP contribution in [0.1, 0.15) is 10.4 Å². The molecule has 0 radical (unpaired) electrons. The number of hydrogen-bond donors (Lipinski definition) is 2. The molecule has 0 bridgehead atoms. The van der Waals surface area contributed by atoms with Gasteiger partial charge in [0.1, 0.15) is 17.3 Å². The van der Waals surface area contributed by atoms with Crippen LogP contribution in [-0.4, -0.2) is 49.4 Å².